The number of nitrogens with one attached hydrogen (secondary N) is 1. The maximum absolute atomic E-state index is 5.75. The Morgan fingerprint density at radius 2 is 2.22 bits per heavy atom. The van der Waals surface area contributed by atoms with Crippen LogP contribution in [-0.2, 0) is 13.0 Å². The molecule has 5 heteroatoms. The lowest BCUT2D eigenvalue weighted by Gasteiger charge is -2.23. The number of nitrogens with two attached hydrogens (primary N) is 1. The number of aryl methyl sites for hydroxylation is 1. The first-order chi connectivity index (χ1) is 8.81. The van der Waals surface area contributed by atoms with E-state index in [1.807, 2.05) is 4.68 Å². The van der Waals surface area contributed by atoms with Crippen molar-refractivity contribution in [3.05, 3.63) is 12.2 Å². The summed E-state index contributed by atoms with van der Waals surface area (Å²) in [6.45, 7) is 3.11. The molecule has 100 valence electrons. The molecule has 0 saturated heterocycles. The van der Waals surface area contributed by atoms with Gasteiger partial charge in [0.1, 0.15) is 12.2 Å². The van der Waals surface area contributed by atoms with E-state index < -0.39 is 0 Å². The maximum atomic E-state index is 5.75. The summed E-state index contributed by atoms with van der Waals surface area (Å²) < 4.78 is 2.01. The molecule has 0 radical (unpaired) electrons. The summed E-state index contributed by atoms with van der Waals surface area (Å²) in [5.74, 6) is 9.54. The van der Waals surface area contributed by atoms with Crippen LogP contribution in [0.5, 0.6) is 0 Å². The third-order valence-corrected chi connectivity index (χ3v) is 4.60. The van der Waals surface area contributed by atoms with Crippen LogP contribution in [0.2, 0.25) is 0 Å². The van der Waals surface area contributed by atoms with Crippen molar-refractivity contribution in [2.45, 2.75) is 51.6 Å². The predicted octanol–water partition coefficient (Wildman–Crippen LogP) is 1.11. The van der Waals surface area contributed by atoms with Crippen LogP contribution >= 0.6 is 0 Å². The van der Waals surface area contributed by atoms with Gasteiger partial charge in [-0.1, -0.05) is 6.92 Å². The van der Waals surface area contributed by atoms with Crippen LogP contribution in [-0.4, -0.2) is 20.8 Å². The van der Waals surface area contributed by atoms with Crippen molar-refractivity contribution in [1.29, 1.82) is 0 Å². The first-order valence-electron chi connectivity index (χ1n) is 7.14. The zero-order valence-electron chi connectivity index (χ0n) is 11.0. The molecule has 2 aliphatic carbocycles. The standard InChI is InChI=1S/C13H23N5/c1-2-3-18-13(15-8-16-18)7-12(17-14)11-5-9-4-10(9)6-11/h8-12,17H,2-7,14H2,1H3. The zero-order chi connectivity index (χ0) is 12.5. The lowest BCUT2D eigenvalue weighted by molar-refractivity contribution is 0.327. The zero-order valence-corrected chi connectivity index (χ0v) is 11.0. The van der Waals surface area contributed by atoms with Gasteiger partial charge in [0.25, 0.3) is 0 Å². The van der Waals surface area contributed by atoms with Crippen molar-refractivity contribution < 1.29 is 0 Å². The fourth-order valence-corrected chi connectivity index (χ4v) is 3.49. The number of hydrogen-bond acceptors (Lipinski definition) is 4. The fraction of sp³-hybridized carbons (Fsp3) is 0.846. The van der Waals surface area contributed by atoms with Crippen molar-refractivity contribution in [3.8, 4) is 0 Å². The summed E-state index contributed by atoms with van der Waals surface area (Å²) in [5.41, 5.74) is 3.01. The van der Waals surface area contributed by atoms with Crippen molar-refractivity contribution >= 4 is 0 Å². The van der Waals surface area contributed by atoms with Crippen molar-refractivity contribution in [3.63, 3.8) is 0 Å². The van der Waals surface area contributed by atoms with Crippen LogP contribution in [0.4, 0.5) is 0 Å². The molecule has 5 nitrogen and oxygen atoms in total. The van der Waals surface area contributed by atoms with Gasteiger partial charge in [-0.25, -0.2) is 4.98 Å². The Morgan fingerprint density at radius 1 is 1.44 bits per heavy atom. The third-order valence-electron chi connectivity index (χ3n) is 4.60. The molecule has 0 aliphatic heterocycles. The highest BCUT2D eigenvalue weighted by atomic mass is 15.3. The molecule has 18 heavy (non-hydrogen) atoms. The molecule has 3 rings (SSSR count). The van der Waals surface area contributed by atoms with Gasteiger partial charge in [0.15, 0.2) is 0 Å². The number of nitrogens with zero attached hydrogens (tertiary/aromatic N) is 3. The molecule has 2 saturated carbocycles. The summed E-state index contributed by atoms with van der Waals surface area (Å²) in [7, 11) is 0. The quantitative estimate of drug-likeness (QED) is 0.585. The van der Waals surface area contributed by atoms with Gasteiger partial charge in [0, 0.05) is 19.0 Å². The van der Waals surface area contributed by atoms with E-state index in [0.717, 1.165) is 43.0 Å². The van der Waals surface area contributed by atoms with E-state index in [0.29, 0.717) is 6.04 Å². The van der Waals surface area contributed by atoms with E-state index in [1.165, 1.54) is 19.3 Å². The monoisotopic (exact) mass is 249 g/mol. The Bertz CT molecular complexity index is 392. The van der Waals surface area contributed by atoms with Crippen LogP contribution in [0, 0.1) is 17.8 Å². The van der Waals surface area contributed by atoms with Gasteiger partial charge in [-0.3, -0.25) is 16.0 Å². The third kappa shape index (κ3) is 2.29. The van der Waals surface area contributed by atoms with E-state index in [9.17, 15) is 0 Å². The Kier molecular flexibility index (Phi) is 3.35. The SMILES string of the molecule is CCCn1ncnc1CC(NN)C1CC2CC2C1. The minimum Gasteiger partial charge on any atom is -0.271 e. The molecule has 3 unspecified atom stereocenters. The average Bonchev–Trinajstić information content (AvgIpc) is 2.79. The number of aromatic nitrogens is 3. The van der Waals surface area contributed by atoms with Crippen LogP contribution in [0.25, 0.3) is 0 Å². The Morgan fingerprint density at radius 3 is 2.89 bits per heavy atom. The first-order valence-corrected chi connectivity index (χ1v) is 7.14. The summed E-state index contributed by atoms with van der Waals surface area (Å²) in [4.78, 5) is 4.38. The van der Waals surface area contributed by atoms with Crippen LogP contribution in [0.3, 0.4) is 0 Å². The van der Waals surface area contributed by atoms with E-state index in [-0.39, 0.29) is 0 Å². The lowest BCUT2D eigenvalue weighted by atomic mass is 9.92. The van der Waals surface area contributed by atoms with E-state index in [1.54, 1.807) is 6.33 Å². The van der Waals surface area contributed by atoms with Gasteiger partial charge in [0.2, 0.25) is 0 Å². The normalized spacial score (nSPS) is 31.3. The Labute approximate surface area is 108 Å². The summed E-state index contributed by atoms with van der Waals surface area (Å²) >= 11 is 0. The van der Waals surface area contributed by atoms with Crippen LogP contribution in [0.15, 0.2) is 6.33 Å². The van der Waals surface area contributed by atoms with Gasteiger partial charge < -0.3 is 0 Å². The summed E-state index contributed by atoms with van der Waals surface area (Å²) in [6.07, 6.45) is 7.80. The minimum atomic E-state index is 0.359. The molecule has 0 spiro atoms. The molecule has 2 aliphatic rings. The van der Waals surface area contributed by atoms with Gasteiger partial charge in [-0.15, -0.1) is 0 Å². The summed E-state index contributed by atoms with van der Waals surface area (Å²) in [5, 5.41) is 4.28. The topological polar surface area (TPSA) is 68.8 Å². The fourth-order valence-electron chi connectivity index (χ4n) is 3.49. The maximum Gasteiger partial charge on any atom is 0.138 e. The van der Waals surface area contributed by atoms with Gasteiger partial charge in [0.05, 0.1) is 0 Å². The molecule has 3 N–H and O–H groups in total. The second-order valence-electron chi connectivity index (χ2n) is 5.86. The van der Waals surface area contributed by atoms with E-state index in [4.69, 9.17) is 5.84 Å². The van der Waals surface area contributed by atoms with E-state index >= 15 is 0 Å². The molecule has 1 aromatic heterocycles. The highest BCUT2D eigenvalue weighted by Crippen LogP contribution is 2.55. The molecular weight excluding hydrogens is 226 g/mol. The molecule has 2 fully saturated rings. The van der Waals surface area contributed by atoms with Crippen molar-refractivity contribution in [2.24, 2.45) is 23.6 Å². The van der Waals surface area contributed by atoms with Crippen LogP contribution < -0.4 is 11.3 Å². The Hall–Kier alpha value is -0.940. The Balaban J connectivity index is 1.63. The predicted molar refractivity (Wildman–Crippen MR) is 69.4 cm³/mol. The second-order valence-corrected chi connectivity index (χ2v) is 5.86. The van der Waals surface area contributed by atoms with Crippen molar-refractivity contribution in [2.75, 3.05) is 0 Å². The van der Waals surface area contributed by atoms with Crippen molar-refractivity contribution in [1.82, 2.24) is 20.2 Å². The lowest BCUT2D eigenvalue weighted by Crippen LogP contribution is -2.42. The van der Waals surface area contributed by atoms with Gasteiger partial charge >= 0.3 is 0 Å². The summed E-state index contributed by atoms with van der Waals surface area (Å²) in [6, 6.07) is 0.359. The molecule has 0 aromatic carbocycles. The van der Waals surface area contributed by atoms with Crippen LogP contribution in [0.1, 0.15) is 38.4 Å². The smallest absolute Gasteiger partial charge is 0.138 e. The number of fused-ring (bicyclic) bond motifs is 1. The van der Waals surface area contributed by atoms with Gasteiger partial charge in [-0.2, -0.15) is 5.10 Å². The molecule has 3 atom stereocenters. The number of hydrazine groups is 1. The number of rotatable bonds is 6. The van der Waals surface area contributed by atoms with Gasteiger partial charge in [-0.05, 0) is 43.4 Å². The highest BCUT2D eigenvalue weighted by molar-refractivity contribution is 5.01. The average molecular weight is 249 g/mol. The highest BCUT2D eigenvalue weighted by Gasteiger charge is 2.47. The first kappa shape index (κ1) is 12.1. The molecule has 0 amide bonds. The molecule has 0 bridgehead atoms. The molecule has 1 aromatic rings. The molecule has 1 heterocycles. The minimum absolute atomic E-state index is 0.359. The molecular formula is C13H23N5. The van der Waals surface area contributed by atoms with E-state index in [2.05, 4.69) is 22.4 Å². The number of hydrogen-bond donors (Lipinski definition) is 2. The second kappa shape index (κ2) is 4.97. The largest absolute Gasteiger partial charge is 0.271 e.